The number of carbonyl (C=O) groups excluding carboxylic acids is 3. The fourth-order valence-electron chi connectivity index (χ4n) is 3.39. The Kier molecular flexibility index (Phi) is 4.71. The number of imide groups is 1. The zero-order valence-corrected chi connectivity index (χ0v) is 15.9. The van der Waals surface area contributed by atoms with Crippen LogP contribution in [0.3, 0.4) is 0 Å². The van der Waals surface area contributed by atoms with Gasteiger partial charge in [0, 0.05) is 5.69 Å². The summed E-state index contributed by atoms with van der Waals surface area (Å²) in [6.07, 6.45) is 0. The van der Waals surface area contributed by atoms with E-state index in [2.05, 4.69) is 15.7 Å². The zero-order chi connectivity index (χ0) is 20.5. The third-order valence-corrected chi connectivity index (χ3v) is 4.91. The molecule has 2 aromatic carbocycles. The normalized spacial score (nSPS) is 20.2. The van der Waals surface area contributed by atoms with Gasteiger partial charge in [0.1, 0.15) is 12.3 Å². The molecule has 2 unspecified atom stereocenters. The van der Waals surface area contributed by atoms with Crippen LogP contribution in [0.4, 0.5) is 11.4 Å². The maximum Gasteiger partial charge on any atom is 0.263 e. The largest absolute Gasteiger partial charge is 0.497 e. The Morgan fingerprint density at radius 2 is 1.83 bits per heavy atom. The van der Waals surface area contributed by atoms with Crippen LogP contribution in [0.5, 0.6) is 5.75 Å². The predicted molar refractivity (Wildman–Crippen MR) is 104 cm³/mol. The molecular weight excluding hydrogens is 374 g/mol. The van der Waals surface area contributed by atoms with Gasteiger partial charge in [-0.3, -0.25) is 19.4 Å². The molecule has 3 amide bonds. The van der Waals surface area contributed by atoms with Crippen LogP contribution < -0.4 is 15.0 Å². The molecule has 9 heteroatoms. The van der Waals surface area contributed by atoms with E-state index in [1.54, 1.807) is 30.3 Å². The second-order valence-corrected chi connectivity index (χ2v) is 6.77. The van der Waals surface area contributed by atoms with Crippen molar-refractivity contribution in [2.45, 2.75) is 19.0 Å². The summed E-state index contributed by atoms with van der Waals surface area (Å²) in [7, 11) is 1.53. The first-order valence-corrected chi connectivity index (χ1v) is 9.04. The average molecular weight is 393 g/mol. The van der Waals surface area contributed by atoms with Crippen LogP contribution in [0.25, 0.3) is 0 Å². The molecule has 9 nitrogen and oxygen atoms in total. The van der Waals surface area contributed by atoms with Crippen molar-refractivity contribution in [3.05, 3.63) is 54.1 Å². The third kappa shape index (κ3) is 3.31. The molecule has 0 bridgehead atoms. The van der Waals surface area contributed by atoms with E-state index in [4.69, 9.17) is 4.74 Å². The summed E-state index contributed by atoms with van der Waals surface area (Å²) in [6.45, 7) is 1.70. The number of amides is 3. The number of para-hydroxylation sites is 1. The van der Waals surface area contributed by atoms with Crippen molar-refractivity contribution in [3.8, 4) is 5.75 Å². The van der Waals surface area contributed by atoms with Crippen molar-refractivity contribution >= 4 is 29.1 Å². The van der Waals surface area contributed by atoms with Crippen LogP contribution in [-0.4, -0.2) is 48.5 Å². The van der Waals surface area contributed by atoms with Gasteiger partial charge in [0.05, 0.1) is 12.8 Å². The molecule has 2 aliphatic rings. The molecule has 2 heterocycles. The van der Waals surface area contributed by atoms with Gasteiger partial charge in [-0.05, 0) is 42.8 Å². The summed E-state index contributed by atoms with van der Waals surface area (Å²) >= 11 is 0. The molecule has 2 atom stereocenters. The monoisotopic (exact) mass is 393 g/mol. The Labute approximate surface area is 166 Å². The number of methoxy groups -OCH3 is 1. The van der Waals surface area contributed by atoms with E-state index >= 15 is 0 Å². The second kappa shape index (κ2) is 7.34. The van der Waals surface area contributed by atoms with Crippen LogP contribution >= 0.6 is 0 Å². The summed E-state index contributed by atoms with van der Waals surface area (Å²) < 4.78 is 5.10. The van der Waals surface area contributed by atoms with Gasteiger partial charge in [-0.1, -0.05) is 23.4 Å². The number of anilines is 2. The molecule has 2 aliphatic heterocycles. The second-order valence-electron chi connectivity index (χ2n) is 6.77. The lowest BCUT2D eigenvalue weighted by Crippen LogP contribution is -2.43. The third-order valence-electron chi connectivity index (χ3n) is 4.91. The number of rotatable bonds is 5. The molecule has 1 saturated heterocycles. The number of nitrogens with zero attached hydrogens (tertiary/aromatic N) is 4. The minimum absolute atomic E-state index is 0.186. The summed E-state index contributed by atoms with van der Waals surface area (Å²) in [5.74, 6) is -0.654. The molecule has 0 radical (unpaired) electrons. The molecule has 0 saturated carbocycles. The van der Waals surface area contributed by atoms with Crippen molar-refractivity contribution in [2.24, 2.45) is 10.3 Å². The van der Waals surface area contributed by atoms with Crippen LogP contribution in [0.1, 0.15) is 5.56 Å². The highest BCUT2D eigenvalue weighted by Gasteiger charge is 2.55. The maximum absolute atomic E-state index is 12.9. The van der Waals surface area contributed by atoms with Crippen molar-refractivity contribution in [1.29, 1.82) is 0 Å². The summed E-state index contributed by atoms with van der Waals surface area (Å²) in [5.41, 5.74) is 2.02. The first-order chi connectivity index (χ1) is 14.0. The SMILES string of the molecule is COc1ccc(N2C(=O)C3N=NN(CC(=O)Nc4ccccc4C)C3C2=O)cc1. The highest BCUT2D eigenvalue weighted by atomic mass is 16.5. The van der Waals surface area contributed by atoms with Crippen molar-refractivity contribution in [3.63, 3.8) is 0 Å². The van der Waals surface area contributed by atoms with Gasteiger partial charge in [0.15, 0.2) is 12.1 Å². The highest BCUT2D eigenvalue weighted by molar-refractivity contribution is 6.25. The lowest BCUT2D eigenvalue weighted by molar-refractivity contribution is -0.123. The Morgan fingerprint density at radius 3 is 2.52 bits per heavy atom. The number of aryl methyl sites for hydroxylation is 1. The summed E-state index contributed by atoms with van der Waals surface area (Å²) in [4.78, 5) is 39.2. The molecule has 2 aromatic rings. The Balaban J connectivity index is 1.49. The van der Waals surface area contributed by atoms with Gasteiger partial charge in [0.2, 0.25) is 5.91 Å². The topological polar surface area (TPSA) is 104 Å². The molecule has 148 valence electrons. The fourth-order valence-corrected chi connectivity index (χ4v) is 3.39. The first-order valence-electron chi connectivity index (χ1n) is 9.04. The van der Waals surface area contributed by atoms with Gasteiger partial charge in [0.25, 0.3) is 11.8 Å². The van der Waals surface area contributed by atoms with Crippen LogP contribution in [0, 0.1) is 6.92 Å². The molecule has 0 spiro atoms. The van der Waals surface area contributed by atoms with E-state index in [0.29, 0.717) is 17.1 Å². The molecule has 0 aromatic heterocycles. The number of benzene rings is 2. The van der Waals surface area contributed by atoms with Crippen molar-refractivity contribution in [1.82, 2.24) is 5.01 Å². The van der Waals surface area contributed by atoms with E-state index in [1.165, 1.54) is 12.1 Å². The van der Waals surface area contributed by atoms with E-state index < -0.39 is 23.9 Å². The van der Waals surface area contributed by atoms with Crippen molar-refractivity contribution in [2.75, 3.05) is 23.9 Å². The van der Waals surface area contributed by atoms with E-state index in [1.807, 2.05) is 25.1 Å². The quantitative estimate of drug-likeness (QED) is 0.782. The molecule has 1 fully saturated rings. The molecule has 0 aliphatic carbocycles. The first kappa shape index (κ1) is 18.6. The van der Waals surface area contributed by atoms with Crippen LogP contribution in [-0.2, 0) is 14.4 Å². The number of nitrogens with one attached hydrogen (secondary N) is 1. The number of hydrogen-bond acceptors (Lipinski definition) is 7. The van der Waals surface area contributed by atoms with Gasteiger partial charge < -0.3 is 10.1 Å². The Hall–Kier alpha value is -3.75. The van der Waals surface area contributed by atoms with Gasteiger partial charge in [-0.15, -0.1) is 0 Å². The summed E-state index contributed by atoms with van der Waals surface area (Å²) in [6, 6.07) is 12.1. The highest BCUT2D eigenvalue weighted by Crippen LogP contribution is 2.32. The molecule has 29 heavy (non-hydrogen) atoms. The molecule has 4 rings (SSSR count). The minimum Gasteiger partial charge on any atom is -0.497 e. The zero-order valence-electron chi connectivity index (χ0n) is 15.9. The van der Waals surface area contributed by atoms with Gasteiger partial charge in [-0.2, -0.15) is 5.11 Å². The lowest BCUT2D eigenvalue weighted by Gasteiger charge is -2.20. The number of carbonyl (C=O) groups is 3. The smallest absolute Gasteiger partial charge is 0.263 e. The number of hydrogen-bond donors (Lipinski definition) is 1. The standard InChI is InChI=1S/C20H19N5O4/c1-12-5-3-4-6-15(12)21-16(26)11-24-18-17(22-23-24)19(27)25(20(18)28)13-7-9-14(29-2)10-8-13/h3-10,17-18H,11H2,1-2H3,(H,21,26). The molecular formula is C20H19N5O4. The van der Waals surface area contributed by atoms with Crippen LogP contribution in [0.2, 0.25) is 0 Å². The Morgan fingerprint density at radius 1 is 1.10 bits per heavy atom. The predicted octanol–water partition coefficient (Wildman–Crippen LogP) is 1.94. The van der Waals surface area contributed by atoms with Gasteiger partial charge >= 0.3 is 0 Å². The fraction of sp³-hybridized carbons (Fsp3) is 0.250. The van der Waals surface area contributed by atoms with E-state index in [0.717, 1.165) is 10.5 Å². The average Bonchev–Trinajstić information content (AvgIpc) is 3.23. The number of ether oxygens (including phenoxy) is 1. The Bertz CT molecular complexity index is 1000. The van der Waals surface area contributed by atoms with Crippen molar-refractivity contribution < 1.29 is 19.1 Å². The van der Waals surface area contributed by atoms with Crippen LogP contribution in [0.15, 0.2) is 58.9 Å². The van der Waals surface area contributed by atoms with E-state index in [9.17, 15) is 14.4 Å². The summed E-state index contributed by atoms with van der Waals surface area (Å²) in [5, 5.41) is 11.9. The maximum atomic E-state index is 12.9. The van der Waals surface area contributed by atoms with E-state index in [-0.39, 0.29) is 12.5 Å². The minimum atomic E-state index is -0.948. The molecule has 1 N–H and O–H groups in total. The lowest BCUT2D eigenvalue weighted by atomic mass is 10.1. The number of fused-ring (bicyclic) bond motifs is 1. The van der Waals surface area contributed by atoms with Gasteiger partial charge in [-0.25, -0.2) is 4.90 Å².